The molecule has 2 aromatic rings. The quantitative estimate of drug-likeness (QED) is 0.478. The van der Waals surface area contributed by atoms with E-state index >= 15 is 0 Å². The van der Waals surface area contributed by atoms with Crippen LogP contribution in [0.15, 0.2) is 40.5 Å². The second-order valence-electron chi connectivity index (χ2n) is 4.50. The molecule has 0 radical (unpaired) electrons. The first-order valence-corrected chi connectivity index (χ1v) is 7.56. The number of esters is 1. The number of rotatable bonds is 6. The summed E-state index contributed by atoms with van der Waals surface area (Å²) in [6, 6.07) is 5.18. The Labute approximate surface area is 140 Å². The summed E-state index contributed by atoms with van der Waals surface area (Å²) in [6.07, 6.45) is 1.70. The Balaban J connectivity index is 2.10. The van der Waals surface area contributed by atoms with Crippen molar-refractivity contribution in [2.75, 3.05) is 7.11 Å². The number of carbonyl (C=O) groups is 1. The minimum absolute atomic E-state index is 0.00769. The van der Waals surface area contributed by atoms with Crippen LogP contribution in [0.3, 0.4) is 0 Å². The van der Waals surface area contributed by atoms with Crippen molar-refractivity contribution in [2.45, 2.75) is 22.5 Å². The van der Waals surface area contributed by atoms with Crippen LogP contribution in [0.1, 0.15) is 5.69 Å². The van der Waals surface area contributed by atoms with Gasteiger partial charge in [0.1, 0.15) is 6.04 Å². The molecule has 1 heterocycles. The molecule has 0 saturated carbocycles. The van der Waals surface area contributed by atoms with Crippen LogP contribution in [0, 0.1) is 10.1 Å². The van der Waals surface area contributed by atoms with E-state index in [4.69, 9.17) is 17.5 Å². The molecule has 2 N–H and O–H groups in total. The van der Waals surface area contributed by atoms with Crippen LogP contribution in [0.4, 0.5) is 5.69 Å². The lowest BCUT2D eigenvalue weighted by molar-refractivity contribution is -0.384. The summed E-state index contributed by atoms with van der Waals surface area (Å²) in [5, 5.41) is 11.1. The Morgan fingerprint density at radius 2 is 2.17 bits per heavy atom. The van der Waals surface area contributed by atoms with E-state index in [-0.39, 0.29) is 12.1 Å². The van der Waals surface area contributed by atoms with E-state index in [2.05, 4.69) is 9.72 Å². The SMILES string of the molecule is COC(=O)[C@@H](N)Cc1cnc(Sc2ccc([N+](=O)[O-])cc2)n1Cl. The van der Waals surface area contributed by atoms with E-state index in [1.54, 1.807) is 12.1 Å². The van der Waals surface area contributed by atoms with Gasteiger partial charge in [-0.05, 0) is 12.1 Å². The number of hydrogen-bond acceptors (Lipinski definition) is 7. The first-order valence-electron chi connectivity index (χ1n) is 6.41. The van der Waals surface area contributed by atoms with E-state index in [0.717, 1.165) is 4.90 Å². The van der Waals surface area contributed by atoms with Crippen LogP contribution in [0.2, 0.25) is 0 Å². The van der Waals surface area contributed by atoms with E-state index < -0.39 is 16.9 Å². The molecule has 0 fully saturated rings. The fourth-order valence-electron chi connectivity index (χ4n) is 1.75. The Bertz CT molecular complexity index is 719. The number of nitrogens with zero attached hydrogens (tertiary/aromatic N) is 3. The molecule has 0 saturated heterocycles. The zero-order valence-corrected chi connectivity index (χ0v) is 13.6. The van der Waals surface area contributed by atoms with Crippen LogP contribution in [-0.2, 0) is 16.0 Å². The summed E-state index contributed by atoms with van der Waals surface area (Å²) < 4.78 is 5.86. The highest BCUT2D eigenvalue weighted by atomic mass is 35.5. The van der Waals surface area contributed by atoms with Gasteiger partial charge < -0.3 is 10.5 Å². The molecule has 0 bridgehead atoms. The standard InChI is InChI=1S/C13H13ClN4O4S/c1-22-12(19)11(15)6-9-7-16-13(17(9)14)23-10-4-2-8(3-5-10)18(20)21/h2-5,7,11H,6,15H2,1H3/t11-/m0/s1. The molecule has 1 aromatic heterocycles. The van der Waals surface area contributed by atoms with Gasteiger partial charge in [0.2, 0.25) is 0 Å². The third-order valence-corrected chi connectivity index (χ3v) is 4.39. The van der Waals surface area contributed by atoms with Crippen molar-refractivity contribution >= 4 is 35.2 Å². The zero-order valence-electron chi connectivity index (χ0n) is 12.0. The number of non-ortho nitro benzene ring substituents is 1. The highest BCUT2D eigenvalue weighted by Gasteiger charge is 2.19. The Kier molecular flexibility index (Phi) is 5.59. The molecule has 23 heavy (non-hydrogen) atoms. The summed E-state index contributed by atoms with van der Waals surface area (Å²) in [5.41, 5.74) is 6.26. The van der Waals surface area contributed by atoms with Crippen molar-refractivity contribution in [3.8, 4) is 0 Å². The predicted molar refractivity (Wildman–Crippen MR) is 84.4 cm³/mol. The van der Waals surface area contributed by atoms with Gasteiger partial charge in [0.25, 0.3) is 5.69 Å². The lowest BCUT2D eigenvalue weighted by Gasteiger charge is -2.08. The number of nitro groups is 1. The molecule has 1 atom stereocenters. The number of aromatic nitrogens is 2. The van der Waals surface area contributed by atoms with Gasteiger partial charge in [0.05, 0.1) is 23.9 Å². The molecule has 0 aliphatic carbocycles. The number of nitro benzene ring substituents is 1. The monoisotopic (exact) mass is 356 g/mol. The van der Waals surface area contributed by atoms with Crippen LogP contribution >= 0.6 is 23.5 Å². The van der Waals surface area contributed by atoms with Crippen LogP contribution in [-0.4, -0.2) is 33.1 Å². The van der Waals surface area contributed by atoms with E-state index in [1.807, 2.05) is 0 Å². The first-order chi connectivity index (χ1) is 10.9. The fourth-order valence-corrected chi connectivity index (χ4v) is 2.80. The van der Waals surface area contributed by atoms with Gasteiger partial charge in [-0.3, -0.25) is 14.9 Å². The molecule has 10 heteroatoms. The van der Waals surface area contributed by atoms with Crippen molar-refractivity contribution in [2.24, 2.45) is 5.73 Å². The van der Waals surface area contributed by atoms with E-state index in [1.165, 1.54) is 41.3 Å². The smallest absolute Gasteiger partial charge is 0.323 e. The Morgan fingerprint density at radius 1 is 1.52 bits per heavy atom. The maximum Gasteiger partial charge on any atom is 0.323 e. The molecule has 0 spiro atoms. The van der Waals surface area contributed by atoms with E-state index in [0.29, 0.717) is 10.9 Å². The molecule has 8 nitrogen and oxygen atoms in total. The molecular formula is C13H13ClN4O4S. The maximum absolute atomic E-state index is 11.3. The summed E-state index contributed by atoms with van der Waals surface area (Å²) in [6.45, 7) is 0. The minimum Gasteiger partial charge on any atom is -0.468 e. The van der Waals surface area contributed by atoms with Gasteiger partial charge >= 0.3 is 5.97 Å². The number of nitrogens with two attached hydrogens (primary N) is 1. The topological polar surface area (TPSA) is 113 Å². The second-order valence-corrected chi connectivity index (χ2v) is 5.88. The molecule has 0 amide bonds. The molecule has 122 valence electrons. The number of halogens is 1. The van der Waals surface area contributed by atoms with Crippen molar-refractivity contribution in [1.82, 2.24) is 9.07 Å². The highest BCUT2D eigenvalue weighted by Crippen LogP contribution is 2.29. The summed E-state index contributed by atoms with van der Waals surface area (Å²) in [7, 11) is 1.26. The number of imidazole rings is 1. The van der Waals surface area contributed by atoms with E-state index in [9.17, 15) is 14.9 Å². The third kappa shape index (κ3) is 4.21. The molecular weight excluding hydrogens is 344 g/mol. The van der Waals surface area contributed by atoms with Gasteiger partial charge in [-0.1, -0.05) is 11.8 Å². The van der Waals surface area contributed by atoms with Crippen molar-refractivity contribution in [3.63, 3.8) is 0 Å². The zero-order chi connectivity index (χ0) is 17.0. The number of carbonyl (C=O) groups excluding carboxylic acids is 1. The lowest BCUT2D eigenvalue weighted by Crippen LogP contribution is -2.34. The van der Waals surface area contributed by atoms with Crippen molar-refractivity contribution in [1.29, 1.82) is 0 Å². The second kappa shape index (κ2) is 7.44. The average Bonchev–Trinajstić information content (AvgIpc) is 2.87. The molecule has 0 aliphatic rings. The lowest BCUT2D eigenvalue weighted by atomic mass is 10.2. The van der Waals surface area contributed by atoms with Crippen molar-refractivity contribution < 1.29 is 14.5 Å². The first kappa shape index (κ1) is 17.3. The Morgan fingerprint density at radius 3 is 2.74 bits per heavy atom. The van der Waals surface area contributed by atoms with Crippen molar-refractivity contribution in [3.05, 3.63) is 46.3 Å². The van der Waals surface area contributed by atoms with Gasteiger partial charge in [0, 0.05) is 35.2 Å². The van der Waals surface area contributed by atoms with Gasteiger partial charge in [-0.25, -0.2) is 9.07 Å². The van der Waals surface area contributed by atoms with Crippen LogP contribution < -0.4 is 5.73 Å². The van der Waals surface area contributed by atoms with Gasteiger partial charge in [-0.15, -0.1) is 0 Å². The summed E-state index contributed by atoms with van der Waals surface area (Å²) in [5.74, 6) is -0.535. The van der Waals surface area contributed by atoms with Crippen LogP contribution in [0.5, 0.6) is 0 Å². The highest BCUT2D eigenvalue weighted by molar-refractivity contribution is 7.99. The number of methoxy groups -OCH3 is 1. The molecule has 2 rings (SSSR count). The minimum atomic E-state index is -0.827. The maximum atomic E-state index is 11.3. The van der Waals surface area contributed by atoms with Gasteiger partial charge in [-0.2, -0.15) is 0 Å². The average molecular weight is 357 g/mol. The molecule has 0 unspecified atom stereocenters. The number of ether oxygens (including phenoxy) is 1. The predicted octanol–water partition coefficient (Wildman–Crippen LogP) is 1.99. The summed E-state index contributed by atoms with van der Waals surface area (Å²) >= 11 is 7.40. The third-order valence-electron chi connectivity index (χ3n) is 2.93. The normalized spacial score (nSPS) is 12.0. The molecule has 1 aromatic carbocycles. The van der Waals surface area contributed by atoms with Crippen LogP contribution in [0.25, 0.3) is 0 Å². The Hall–Kier alpha value is -2.10. The summed E-state index contributed by atoms with van der Waals surface area (Å²) in [4.78, 5) is 26.4. The largest absolute Gasteiger partial charge is 0.468 e. The van der Waals surface area contributed by atoms with Gasteiger partial charge in [0.15, 0.2) is 5.16 Å². The number of hydrogen-bond donors (Lipinski definition) is 1. The molecule has 0 aliphatic heterocycles. The number of benzene rings is 1. The fraction of sp³-hybridized carbons (Fsp3) is 0.231.